The maximum atomic E-state index is 13.8. The van der Waals surface area contributed by atoms with E-state index in [9.17, 15) is 4.21 Å². The van der Waals surface area contributed by atoms with Crippen molar-refractivity contribution in [3.05, 3.63) is 138 Å². The lowest BCUT2D eigenvalue weighted by molar-refractivity contribution is 0.658. The second-order valence-electron chi connectivity index (χ2n) is 6.74. The first-order valence-electron chi connectivity index (χ1n) is 9.45. The summed E-state index contributed by atoms with van der Waals surface area (Å²) >= 11 is 0. The third-order valence-electron chi connectivity index (χ3n) is 4.95. The second-order valence-corrected chi connectivity index (χ2v) is 8.31. The van der Waals surface area contributed by atoms with Gasteiger partial charge in [0.2, 0.25) is 0 Å². The summed E-state index contributed by atoms with van der Waals surface area (Å²) in [5.74, 6) is -0.00848. The fraction of sp³-hybridized carbons (Fsp3) is 0.0769. The fourth-order valence-electron chi connectivity index (χ4n) is 3.65. The van der Waals surface area contributed by atoms with Crippen molar-refractivity contribution in [1.82, 2.24) is 0 Å². The van der Waals surface area contributed by atoms with Crippen molar-refractivity contribution in [2.24, 2.45) is 0 Å². The van der Waals surface area contributed by atoms with Gasteiger partial charge in [0.05, 0.1) is 16.0 Å². The largest absolute Gasteiger partial charge is 0.254 e. The lowest BCUT2D eigenvalue weighted by atomic mass is 9.85. The molecule has 2 atom stereocenters. The Morgan fingerprint density at radius 2 is 0.821 bits per heavy atom. The van der Waals surface area contributed by atoms with E-state index in [1.807, 2.05) is 60.7 Å². The molecule has 0 saturated carbocycles. The number of rotatable bonds is 6. The monoisotopic (exact) mass is 382 g/mol. The van der Waals surface area contributed by atoms with Gasteiger partial charge in [-0.25, -0.2) is 0 Å². The number of hydrogen-bond acceptors (Lipinski definition) is 1. The van der Waals surface area contributed by atoms with E-state index >= 15 is 0 Å². The number of hydrogen-bond donors (Lipinski definition) is 0. The average molecular weight is 383 g/mol. The first-order valence-corrected chi connectivity index (χ1v) is 10.7. The summed E-state index contributed by atoms with van der Waals surface area (Å²) in [6.07, 6.45) is 0. The molecule has 4 aromatic carbocycles. The lowest BCUT2D eigenvalue weighted by Gasteiger charge is -2.28. The van der Waals surface area contributed by atoms with E-state index in [0.29, 0.717) is 0 Å². The van der Waals surface area contributed by atoms with Crippen LogP contribution in [0.25, 0.3) is 0 Å². The highest BCUT2D eigenvalue weighted by Crippen LogP contribution is 2.42. The van der Waals surface area contributed by atoms with Gasteiger partial charge in [-0.2, -0.15) is 0 Å². The van der Waals surface area contributed by atoms with Crippen molar-refractivity contribution in [2.45, 2.75) is 16.1 Å². The number of benzene rings is 4. The van der Waals surface area contributed by atoms with Crippen molar-refractivity contribution >= 4 is 10.8 Å². The molecule has 4 rings (SSSR count). The first kappa shape index (κ1) is 18.4. The minimum absolute atomic E-state index is 0.00848. The maximum absolute atomic E-state index is 13.8. The van der Waals surface area contributed by atoms with Gasteiger partial charge in [0.15, 0.2) is 0 Å². The Morgan fingerprint density at radius 3 is 1.25 bits per heavy atom. The Balaban J connectivity index is 1.90. The molecule has 0 heterocycles. The van der Waals surface area contributed by atoms with Crippen LogP contribution in [0.2, 0.25) is 0 Å². The van der Waals surface area contributed by atoms with Crippen LogP contribution in [0.3, 0.4) is 0 Å². The molecule has 0 aromatic heterocycles. The standard InChI is InChI=1S/C26H22OS/c27-28(24-19-11-4-12-20-24)26(23-17-9-3-10-18-23)25(21-13-5-1-6-14-21)22-15-7-2-8-16-22/h1-20,25-26H/t26-,28+/m1/s1. The lowest BCUT2D eigenvalue weighted by Crippen LogP contribution is -2.18. The first-order chi connectivity index (χ1) is 13.8. The molecule has 0 amide bonds. The van der Waals surface area contributed by atoms with Gasteiger partial charge in [-0.05, 0) is 28.8 Å². The Hall–Kier alpha value is -2.97. The van der Waals surface area contributed by atoms with Crippen molar-refractivity contribution in [3.63, 3.8) is 0 Å². The minimum Gasteiger partial charge on any atom is -0.254 e. The molecule has 138 valence electrons. The van der Waals surface area contributed by atoms with Gasteiger partial charge in [0.25, 0.3) is 0 Å². The predicted molar refractivity (Wildman–Crippen MR) is 117 cm³/mol. The van der Waals surface area contributed by atoms with Gasteiger partial charge < -0.3 is 0 Å². The summed E-state index contributed by atoms with van der Waals surface area (Å²) in [6.45, 7) is 0. The maximum Gasteiger partial charge on any atom is 0.0752 e. The van der Waals surface area contributed by atoms with E-state index in [1.165, 1.54) is 11.1 Å². The molecule has 0 fully saturated rings. The zero-order valence-electron chi connectivity index (χ0n) is 15.5. The summed E-state index contributed by atoms with van der Waals surface area (Å²) in [5, 5.41) is -0.187. The molecule has 0 N–H and O–H groups in total. The zero-order chi connectivity index (χ0) is 19.2. The van der Waals surface area contributed by atoms with Crippen molar-refractivity contribution in [1.29, 1.82) is 0 Å². The Bertz CT molecular complexity index is 976. The minimum atomic E-state index is -1.20. The van der Waals surface area contributed by atoms with Crippen molar-refractivity contribution in [2.75, 3.05) is 0 Å². The molecule has 0 saturated heterocycles. The molecule has 0 aliphatic heterocycles. The van der Waals surface area contributed by atoms with Crippen LogP contribution in [0.4, 0.5) is 0 Å². The van der Waals surface area contributed by atoms with Crippen LogP contribution in [0.1, 0.15) is 27.9 Å². The molecule has 2 heteroatoms. The van der Waals surface area contributed by atoms with E-state index in [-0.39, 0.29) is 11.2 Å². The van der Waals surface area contributed by atoms with E-state index in [0.717, 1.165) is 10.5 Å². The van der Waals surface area contributed by atoms with Gasteiger partial charge >= 0.3 is 0 Å². The smallest absolute Gasteiger partial charge is 0.0752 e. The molecular formula is C26H22OS. The van der Waals surface area contributed by atoms with E-state index in [1.54, 1.807) is 0 Å². The van der Waals surface area contributed by atoms with Crippen molar-refractivity contribution < 1.29 is 4.21 Å². The zero-order valence-corrected chi connectivity index (χ0v) is 16.3. The molecule has 0 spiro atoms. The van der Waals surface area contributed by atoms with E-state index in [2.05, 4.69) is 60.7 Å². The third-order valence-corrected chi connectivity index (χ3v) is 6.70. The molecule has 28 heavy (non-hydrogen) atoms. The van der Waals surface area contributed by atoms with Crippen LogP contribution in [-0.4, -0.2) is 4.21 Å². The molecule has 0 aliphatic carbocycles. The summed E-state index contributed by atoms with van der Waals surface area (Å²) in [5.41, 5.74) is 3.43. The van der Waals surface area contributed by atoms with Crippen LogP contribution in [0.5, 0.6) is 0 Å². The molecule has 1 nitrogen and oxygen atoms in total. The fourth-order valence-corrected chi connectivity index (χ4v) is 5.33. The van der Waals surface area contributed by atoms with E-state index in [4.69, 9.17) is 0 Å². The Kier molecular flexibility index (Phi) is 5.79. The summed E-state index contributed by atoms with van der Waals surface area (Å²) < 4.78 is 13.8. The molecule has 0 bridgehead atoms. The molecule has 0 radical (unpaired) electrons. The molecule has 0 unspecified atom stereocenters. The SMILES string of the molecule is O=[S@@](c1ccccc1)[C@H](c1ccccc1)C(c1ccccc1)c1ccccc1. The van der Waals surface area contributed by atoms with Crippen LogP contribution >= 0.6 is 0 Å². The van der Waals surface area contributed by atoms with Crippen molar-refractivity contribution in [3.8, 4) is 0 Å². The van der Waals surface area contributed by atoms with E-state index < -0.39 is 10.8 Å². The normalized spacial score (nSPS) is 13.2. The Labute approximate surface area is 169 Å². The van der Waals surface area contributed by atoms with Gasteiger partial charge in [-0.15, -0.1) is 0 Å². The third kappa shape index (κ3) is 3.97. The van der Waals surface area contributed by atoms with Crippen LogP contribution in [-0.2, 0) is 10.8 Å². The van der Waals surface area contributed by atoms with Gasteiger partial charge in [-0.1, -0.05) is 109 Å². The van der Waals surface area contributed by atoms with Gasteiger partial charge in [-0.3, -0.25) is 4.21 Å². The van der Waals surface area contributed by atoms with Crippen LogP contribution < -0.4 is 0 Å². The second kappa shape index (κ2) is 8.81. The predicted octanol–water partition coefficient (Wildman–Crippen LogP) is 6.37. The highest BCUT2D eigenvalue weighted by atomic mass is 32.2. The summed E-state index contributed by atoms with van der Waals surface area (Å²) in [7, 11) is -1.20. The van der Waals surface area contributed by atoms with Crippen LogP contribution in [0, 0.1) is 0 Å². The highest BCUT2D eigenvalue weighted by molar-refractivity contribution is 7.85. The summed E-state index contributed by atoms with van der Waals surface area (Å²) in [4.78, 5) is 0.855. The van der Waals surface area contributed by atoms with Crippen LogP contribution in [0.15, 0.2) is 126 Å². The quantitative estimate of drug-likeness (QED) is 0.379. The highest BCUT2D eigenvalue weighted by Gasteiger charge is 2.32. The molecule has 0 aliphatic rings. The molecule has 4 aromatic rings. The van der Waals surface area contributed by atoms with Gasteiger partial charge in [0.1, 0.15) is 0 Å². The topological polar surface area (TPSA) is 17.1 Å². The Morgan fingerprint density at radius 1 is 0.464 bits per heavy atom. The molecular weight excluding hydrogens is 360 g/mol. The van der Waals surface area contributed by atoms with Gasteiger partial charge in [0, 0.05) is 10.8 Å². The summed E-state index contributed by atoms with van der Waals surface area (Å²) in [6, 6.07) is 40.8. The average Bonchev–Trinajstić information content (AvgIpc) is 2.79.